The molecule has 6 heteroatoms. The summed E-state index contributed by atoms with van der Waals surface area (Å²) in [5, 5.41) is 11.3. The van der Waals surface area contributed by atoms with Crippen molar-refractivity contribution in [3.63, 3.8) is 0 Å². The van der Waals surface area contributed by atoms with Crippen LogP contribution in [0.25, 0.3) is 0 Å². The molecular weight excluding hydrogens is 268 g/mol. The number of hydrogen-bond acceptors (Lipinski definition) is 3. The zero-order chi connectivity index (χ0) is 13.8. The Morgan fingerprint density at radius 1 is 1.21 bits per heavy atom. The van der Waals surface area contributed by atoms with E-state index in [2.05, 4.69) is 0 Å². The molecule has 1 fully saturated rings. The van der Waals surface area contributed by atoms with E-state index in [1.165, 1.54) is 18.2 Å². The highest BCUT2D eigenvalue weighted by Crippen LogP contribution is 2.25. The molecule has 0 bridgehead atoms. The molecule has 1 aromatic carbocycles. The van der Waals surface area contributed by atoms with Crippen LogP contribution < -0.4 is 0 Å². The van der Waals surface area contributed by atoms with Gasteiger partial charge in [0.1, 0.15) is 5.56 Å². The van der Waals surface area contributed by atoms with Crippen LogP contribution in [0.2, 0.25) is 5.02 Å². The number of hydrogen-bond donors (Lipinski definition) is 0. The van der Waals surface area contributed by atoms with Crippen molar-refractivity contribution in [3.8, 4) is 0 Å². The third-order valence-corrected chi connectivity index (χ3v) is 3.52. The highest BCUT2D eigenvalue weighted by atomic mass is 35.5. The van der Waals surface area contributed by atoms with Gasteiger partial charge in [-0.1, -0.05) is 24.4 Å². The van der Waals surface area contributed by atoms with E-state index in [-0.39, 0.29) is 22.2 Å². The quantitative estimate of drug-likeness (QED) is 0.618. The second-order valence-electron chi connectivity index (χ2n) is 4.62. The summed E-state index contributed by atoms with van der Waals surface area (Å²) in [6, 6.07) is 4.18. The maximum absolute atomic E-state index is 12.4. The molecule has 1 aliphatic heterocycles. The van der Waals surface area contributed by atoms with E-state index in [9.17, 15) is 14.9 Å². The molecule has 0 spiro atoms. The minimum absolute atomic E-state index is 0.122. The Balaban J connectivity index is 2.29. The largest absolute Gasteiger partial charge is 0.338 e. The molecule has 0 aromatic heterocycles. The van der Waals surface area contributed by atoms with Crippen molar-refractivity contribution in [2.24, 2.45) is 0 Å². The van der Waals surface area contributed by atoms with Gasteiger partial charge in [0, 0.05) is 24.2 Å². The van der Waals surface area contributed by atoms with Gasteiger partial charge in [0.2, 0.25) is 0 Å². The minimum atomic E-state index is -0.559. The molecule has 5 nitrogen and oxygen atoms in total. The minimum Gasteiger partial charge on any atom is -0.338 e. The molecule has 0 atom stereocenters. The van der Waals surface area contributed by atoms with E-state index in [1.54, 1.807) is 4.90 Å². The first-order valence-electron chi connectivity index (χ1n) is 6.33. The van der Waals surface area contributed by atoms with Crippen LogP contribution in [0, 0.1) is 10.1 Å². The number of carbonyl (C=O) groups excluding carboxylic acids is 1. The lowest BCUT2D eigenvalue weighted by molar-refractivity contribution is -0.385. The van der Waals surface area contributed by atoms with Crippen molar-refractivity contribution in [1.29, 1.82) is 0 Å². The Labute approximate surface area is 116 Å². The summed E-state index contributed by atoms with van der Waals surface area (Å²) in [5.41, 5.74) is -0.0990. The zero-order valence-corrected chi connectivity index (χ0v) is 11.2. The lowest BCUT2D eigenvalue weighted by atomic mass is 10.1. The van der Waals surface area contributed by atoms with Crippen LogP contribution in [-0.4, -0.2) is 28.8 Å². The average Bonchev–Trinajstić information content (AvgIpc) is 2.66. The van der Waals surface area contributed by atoms with Crippen molar-refractivity contribution in [2.75, 3.05) is 13.1 Å². The van der Waals surface area contributed by atoms with E-state index in [1.807, 2.05) is 0 Å². The van der Waals surface area contributed by atoms with Gasteiger partial charge in [-0.3, -0.25) is 14.9 Å². The maximum atomic E-state index is 12.4. The first-order valence-corrected chi connectivity index (χ1v) is 6.70. The molecule has 1 saturated heterocycles. The molecule has 1 aliphatic rings. The molecule has 1 amide bonds. The Bertz CT molecular complexity index is 497. The van der Waals surface area contributed by atoms with Gasteiger partial charge in [0.15, 0.2) is 0 Å². The number of carbonyl (C=O) groups is 1. The lowest BCUT2D eigenvalue weighted by Crippen LogP contribution is -2.32. The molecule has 0 unspecified atom stereocenters. The summed E-state index contributed by atoms with van der Waals surface area (Å²) in [6.45, 7) is 1.33. The Hall–Kier alpha value is -1.62. The van der Waals surface area contributed by atoms with Gasteiger partial charge < -0.3 is 4.90 Å². The monoisotopic (exact) mass is 282 g/mol. The molecule has 0 N–H and O–H groups in total. The normalized spacial score (nSPS) is 15.9. The Morgan fingerprint density at radius 3 is 2.42 bits per heavy atom. The summed E-state index contributed by atoms with van der Waals surface area (Å²) in [4.78, 5) is 24.5. The Kier molecular flexibility index (Phi) is 4.37. The fraction of sp³-hybridized carbons (Fsp3) is 0.462. The van der Waals surface area contributed by atoms with E-state index >= 15 is 0 Å². The number of likely N-dealkylation sites (tertiary alicyclic amines) is 1. The predicted molar refractivity (Wildman–Crippen MR) is 72.5 cm³/mol. The standard InChI is InChI=1S/C13H15ClN2O3/c14-10-5-6-11(12(9-10)16(18)19)13(17)15-7-3-1-2-4-8-15/h5-6,9H,1-4,7-8H2. The fourth-order valence-corrected chi connectivity index (χ4v) is 2.45. The van der Waals surface area contributed by atoms with Gasteiger partial charge in [-0.25, -0.2) is 0 Å². The number of halogens is 1. The molecule has 19 heavy (non-hydrogen) atoms. The summed E-state index contributed by atoms with van der Waals surface area (Å²) in [5.74, 6) is -0.273. The average molecular weight is 283 g/mol. The van der Waals surface area contributed by atoms with Crippen molar-refractivity contribution in [3.05, 3.63) is 38.9 Å². The van der Waals surface area contributed by atoms with Crippen LogP contribution in [-0.2, 0) is 0 Å². The fourth-order valence-electron chi connectivity index (χ4n) is 2.28. The van der Waals surface area contributed by atoms with Crippen molar-refractivity contribution >= 4 is 23.2 Å². The van der Waals surface area contributed by atoms with Crippen LogP contribution in [0.5, 0.6) is 0 Å². The molecule has 0 saturated carbocycles. The van der Waals surface area contributed by atoms with E-state index < -0.39 is 4.92 Å². The Morgan fingerprint density at radius 2 is 1.84 bits per heavy atom. The predicted octanol–water partition coefficient (Wildman–Crippen LogP) is 3.26. The second kappa shape index (κ2) is 6.02. The van der Waals surface area contributed by atoms with Crippen LogP contribution >= 0.6 is 11.6 Å². The number of rotatable bonds is 2. The molecule has 0 radical (unpaired) electrons. The van der Waals surface area contributed by atoms with Gasteiger partial charge in [0.25, 0.3) is 11.6 Å². The number of nitro benzene ring substituents is 1. The summed E-state index contributed by atoms with van der Waals surface area (Å²) < 4.78 is 0. The van der Waals surface area contributed by atoms with Crippen LogP contribution in [0.3, 0.4) is 0 Å². The van der Waals surface area contributed by atoms with E-state index in [0.717, 1.165) is 25.7 Å². The first-order chi connectivity index (χ1) is 9.09. The SMILES string of the molecule is O=C(c1ccc(Cl)cc1[N+](=O)[O-])N1CCCCCC1. The lowest BCUT2D eigenvalue weighted by Gasteiger charge is -2.20. The number of amides is 1. The summed E-state index contributed by atoms with van der Waals surface area (Å²) in [6.07, 6.45) is 4.11. The summed E-state index contributed by atoms with van der Waals surface area (Å²) in [7, 11) is 0. The van der Waals surface area contributed by atoms with Crippen LogP contribution in [0.15, 0.2) is 18.2 Å². The van der Waals surface area contributed by atoms with Crippen LogP contribution in [0.4, 0.5) is 5.69 Å². The topological polar surface area (TPSA) is 63.4 Å². The van der Waals surface area contributed by atoms with Crippen molar-refractivity contribution in [2.45, 2.75) is 25.7 Å². The highest BCUT2D eigenvalue weighted by molar-refractivity contribution is 6.31. The first kappa shape index (κ1) is 13.8. The molecule has 0 aliphatic carbocycles. The highest BCUT2D eigenvalue weighted by Gasteiger charge is 2.25. The third kappa shape index (κ3) is 3.23. The van der Waals surface area contributed by atoms with E-state index in [0.29, 0.717) is 13.1 Å². The van der Waals surface area contributed by atoms with Gasteiger partial charge in [-0.15, -0.1) is 0 Å². The third-order valence-electron chi connectivity index (χ3n) is 3.28. The maximum Gasteiger partial charge on any atom is 0.283 e. The smallest absolute Gasteiger partial charge is 0.283 e. The zero-order valence-electron chi connectivity index (χ0n) is 10.5. The number of nitro groups is 1. The number of nitrogens with zero attached hydrogens (tertiary/aromatic N) is 2. The summed E-state index contributed by atoms with van der Waals surface area (Å²) >= 11 is 5.75. The van der Waals surface area contributed by atoms with Crippen molar-refractivity contribution in [1.82, 2.24) is 4.90 Å². The molecule has 1 aromatic rings. The molecule has 1 heterocycles. The second-order valence-corrected chi connectivity index (χ2v) is 5.06. The molecule has 2 rings (SSSR count). The molecule has 102 valence electrons. The van der Waals surface area contributed by atoms with Gasteiger partial charge >= 0.3 is 0 Å². The van der Waals surface area contributed by atoms with Crippen LogP contribution in [0.1, 0.15) is 36.0 Å². The van der Waals surface area contributed by atoms with E-state index in [4.69, 9.17) is 11.6 Å². The molecular formula is C13H15ClN2O3. The number of benzene rings is 1. The van der Waals surface area contributed by atoms with Crippen molar-refractivity contribution < 1.29 is 9.72 Å². The van der Waals surface area contributed by atoms with Gasteiger partial charge in [0.05, 0.1) is 4.92 Å². The van der Waals surface area contributed by atoms with Gasteiger partial charge in [-0.05, 0) is 25.0 Å². The van der Waals surface area contributed by atoms with Gasteiger partial charge in [-0.2, -0.15) is 0 Å².